The Labute approximate surface area is 157 Å². The minimum absolute atomic E-state index is 0.0892. The molecule has 2 aromatic rings. The van der Waals surface area contributed by atoms with Crippen LogP contribution in [0.15, 0.2) is 45.7 Å². The van der Waals surface area contributed by atoms with Gasteiger partial charge in [-0.15, -0.1) is 11.8 Å². The van der Waals surface area contributed by atoms with Crippen LogP contribution in [-0.4, -0.2) is 49.8 Å². The number of amides is 2. The number of nitrogens with zero attached hydrogens (tertiary/aromatic N) is 1. The molecule has 0 aliphatic carbocycles. The molecular formula is C19H24N2O4S. The predicted molar refractivity (Wildman–Crippen MR) is 101 cm³/mol. The van der Waals surface area contributed by atoms with Crippen molar-refractivity contribution in [1.82, 2.24) is 10.2 Å². The number of rotatable bonds is 9. The SMILES string of the molecule is COCCNC(=O)CSc1ccccc1C(=O)N(C)Cc1ccc(C)o1. The summed E-state index contributed by atoms with van der Waals surface area (Å²) in [5.74, 6) is 1.60. The first-order valence-corrected chi connectivity index (χ1v) is 9.28. The van der Waals surface area contributed by atoms with Crippen LogP contribution in [0.4, 0.5) is 0 Å². The minimum atomic E-state index is -0.109. The second-order valence-electron chi connectivity index (χ2n) is 5.80. The van der Waals surface area contributed by atoms with Gasteiger partial charge in [-0.05, 0) is 31.2 Å². The van der Waals surface area contributed by atoms with E-state index in [1.165, 1.54) is 11.8 Å². The maximum absolute atomic E-state index is 12.8. The number of aryl methyl sites for hydroxylation is 1. The van der Waals surface area contributed by atoms with E-state index in [2.05, 4.69) is 5.32 Å². The van der Waals surface area contributed by atoms with Crippen molar-refractivity contribution in [1.29, 1.82) is 0 Å². The summed E-state index contributed by atoms with van der Waals surface area (Å²) in [4.78, 5) is 27.0. The van der Waals surface area contributed by atoms with Gasteiger partial charge >= 0.3 is 0 Å². The lowest BCUT2D eigenvalue weighted by molar-refractivity contribution is -0.118. The van der Waals surface area contributed by atoms with Gasteiger partial charge < -0.3 is 19.4 Å². The first-order chi connectivity index (χ1) is 12.5. The molecule has 1 N–H and O–H groups in total. The molecule has 1 aromatic carbocycles. The molecule has 140 valence electrons. The van der Waals surface area contributed by atoms with Gasteiger partial charge in [0, 0.05) is 25.6 Å². The number of thioether (sulfide) groups is 1. The molecule has 0 bridgehead atoms. The van der Waals surface area contributed by atoms with Crippen LogP contribution in [0.3, 0.4) is 0 Å². The molecule has 0 radical (unpaired) electrons. The fraction of sp³-hybridized carbons (Fsp3) is 0.368. The molecule has 1 heterocycles. The quantitative estimate of drug-likeness (QED) is 0.538. The third-order valence-electron chi connectivity index (χ3n) is 3.64. The number of hydrogen-bond acceptors (Lipinski definition) is 5. The van der Waals surface area contributed by atoms with E-state index in [1.807, 2.05) is 37.3 Å². The van der Waals surface area contributed by atoms with Gasteiger partial charge in [0.1, 0.15) is 11.5 Å². The number of nitrogens with one attached hydrogen (secondary N) is 1. The Morgan fingerprint density at radius 3 is 2.69 bits per heavy atom. The van der Waals surface area contributed by atoms with Crippen LogP contribution >= 0.6 is 11.8 Å². The number of benzene rings is 1. The van der Waals surface area contributed by atoms with Gasteiger partial charge in [-0.1, -0.05) is 12.1 Å². The smallest absolute Gasteiger partial charge is 0.255 e. The van der Waals surface area contributed by atoms with Crippen LogP contribution in [0.1, 0.15) is 21.9 Å². The van der Waals surface area contributed by atoms with Gasteiger partial charge in [-0.2, -0.15) is 0 Å². The zero-order chi connectivity index (χ0) is 18.9. The zero-order valence-corrected chi connectivity index (χ0v) is 16.1. The van der Waals surface area contributed by atoms with Crippen LogP contribution in [0.25, 0.3) is 0 Å². The molecule has 0 spiro atoms. The summed E-state index contributed by atoms with van der Waals surface area (Å²) >= 11 is 1.35. The van der Waals surface area contributed by atoms with Gasteiger partial charge in [0.05, 0.1) is 24.5 Å². The fourth-order valence-electron chi connectivity index (χ4n) is 2.34. The number of carbonyl (C=O) groups is 2. The van der Waals surface area contributed by atoms with Crippen molar-refractivity contribution in [2.24, 2.45) is 0 Å². The van der Waals surface area contributed by atoms with Gasteiger partial charge in [0.15, 0.2) is 0 Å². The Balaban J connectivity index is 1.98. The third-order valence-corrected chi connectivity index (χ3v) is 4.71. The molecule has 0 fully saturated rings. The largest absolute Gasteiger partial charge is 0.464 e. The monoisotopic (exact) mass is 376 g/mol. The van der Waals surface area contributed by atoms with Gasteiger partial charge in [0.25, 0.3) is 5.91 Å². The molecule has 2 amide bonds. The van der Waals surface area contributed by atoms with Crippen molar-refractivity contribution in [3.05, 3.63) is 53.5 Å². The Morgan fingerprint density at radius 1 is 1.23 bits per heavy atom. The highest BCUT2D eigenvalue weighted by Crippen LogP contribution is 2.24. The predicted octanol–water partition coefficient (Wildman–Crippen LogP) is 2.71. The van der Waals surface area contributed by atoms with E-state index in [4.69, 9.17) is 9.15 Å². The summed E-state index contributed by atoms with van der Waals surface area (Å²) in [5, 5.41) is 2.77. The van der Waals surface area contributed by atoms with E-state index in [0.29, 0.717) is 25.3 Å². The molecule has 0 saturated heterocycles. The molecule has 26 heavy (non-hydrogen) atoms. The second kappa shape index (κ2) is 10.0. The lowest BCUT2D eigenvalue weighted by Crippen LogP contribution is -2.29. The molecule has 0 aliphatic rings. The average molecular weight is 376 g/mol. The highest BCUT2D eigenvalue weighted by Gasteiger charge is 2.17. The minimum Gasteiger partial charge on any atom is -0.464 e. The first-order valence-electron chi connectivity index (χ1n) is 8.29. The van der Waals surface area contributed by atoms with Crippen molar-refractivity contribution >= 4 is 23.6 Å². The zero-order valence-electron chi connectivity index (χ0n) is 15.3. The Morgan fingerprint density at radius 2 is 2.00 bits per heavy atom. The van der Waals surface area contributed by atoms with Crippen molar-refractivity contribution in [2.45, 2.75) is 18.4 Å². The van der Waals surface area contributed by atoms with Crippen LogP contribution in [-0.2, 0) is 16.1 Å². The number of ether oxygens (including phenoxy) is 1. The average Bonchev–Trinajstić information content (AvgIpc) is 3.04. The number of furan rings is 1. The molecular weight excluding hydrogens is 352 g/mol. The van der Waals surface area contributed by atoms with Crippen molar-refractivity contribution in [3.63, 3.8) is 0 Å². The molecule has 7 heteroatoms. The Bertz CT molecular complexity index is 745. The highest BCUT2D eigenvalue weighted by molar-refractivity contribution is 8.00. The molecule has 0 unspecified atom stereocenters. The second-order valence-corrected chi connectivity index (χ2v) is 6.82. The van der Waals surface area contributed by atoms with Crippen molar-refractivity contribution < 1.29 is 18.7 Å². The summed E-state index contributed by atoms with van der Waals surface area (Å²) in [6.45, 7) is 3.21. The van der Waals surface area contributed by atoms with Crippen LogP contribution in [0.5, 0.6) is 0 Å². The molecule has 0 atom stereocenters. The summed E-state index contributed by atoms with van der Waals surface area (Å²) in [6, 6.07) is 11.0. The summed E-state index contributed by atoms with van der Waals surface area (Å²) in [6.07, 6.45) is 0. The van der Waals surface area contributed by atoms with Crippen LogP contribution in [0.2, 0.25) is 0 Å². The normalized spacial score (nSPS) is 10.6. The summed E-state index contributed by atoms with van der Waals surface area (Å²) in [5.41, 5.74) is 0.577. The van der Waals surface area contributed by atoms with E-state index in [1.54, 1.807) is 25.1 Å². The Kier molecular flexibility index (Phi) is 7.74. The topological polar surface area (TPSA) is 71.8 Å². The standard InChI is InChI=1S/C19H24N2O4S/c1-14-8-9-15(25-14)12-21(2)19(23)16-6-4-5-7-17(16)26-13-18(22)20-10-11-24-3/h4-9H,10-13H2,1-3H3,(H,20,22). The van der Waals surface area contributed by atoms with Crippen molar-refractivity contribution in [2.75, 3.05) is 33.1 Å². The lowest BCUT2D eigenvalue weighted by atomic mass is 10.2. The lowest BCUT2D eigenvalue weighted by Gasteiger charge is -2.17. The van der Waals surface area contributed by atoms with Crippen LogP contribution < -0.4 is 5.32 Å². The van der Waals surface area contributed by atoms with Gasteiger partial charge in [-0.3, -0.25) is 9.59 Å². The highest BCUT2D eigenvalue weighted by atomic mass is 32.2. The fourth-order valence-corrected chi connectivity index (χ4v) is 3.21. The molecule has 0 saturated carbocycles. The van der Waals surface area contributed by atoms with E-state index in [9.17, 15) is 9.59 Å². The number of hydrogen-bond donors (Lipinski definition) is 1. The maximum atomic E-state index is 12.8. The van der Waals surface area contributed by atoms with Gasteiger partial charge in [0.2, 0.25) is 5.91 Å². The van der Waals surface area contributed by atoms with Crippen molar-refractivity contribution in [3.8, 4) is 0 Å². The summed E-state index contributed by atoms with van der Waals surface area (Å²) in [7, 11) is 3.32. The molecule has 1 aromatic heterocycles. The summed E-state index contributed by atoms with van der Waals surface area (Å²) < 4.78 is 10.4. The van der Waals surface area contributed by atoms with E-state index in [-0.39, 0.29) is 17.6 Å². The van der Waals surface area contributed by atoms with E-state index in [0.717, 1.165) is 16.4 Å². The molecule has 2 rings (SSSR count). The van der Waals surface area contributed by atoms with E-state index < -0.39 is 0 Å². The maximum Gasteiger partial charge on any atom is 0.255 e. The molecule has 6 nitrogen and oxygen atoms in total. The van der Waals surface area contributed by atoms with Crippen LogP contribution in [0, 0.1) is 6.92 Å². The number of methoxy groups -OCH3 is 1. The number of carbonyl (C=O) groups excluding carboxylic acids is 2. The third kappa shape index (κ3) is 5.93. The molecule has 0 aliphatic heterocycles. The Hall–Kier alpha value is -2.25. The first kappa shape index (κ1) is 20.1. The van der Waals surface area contributed by atoms with E-state index >= 15 is 0 Å². The van der Waals surface area contributed by atoms with Gasteiger partial charge in [-0.25, -0.2) is 0 Å².